The van der Waals surface area contributed by atoms with Gasteiger partial charge in [0.25, 0.3) is 0 Å². The molecule has 1 aliphatic carbocycles. The largest absolute Gasteiger partial charge is 0.480 e. The number of rotatable bonds is 4. The summed E-state index contributed by atoms with van der Waals surface area (Å²) >= 11 is 0. The van der Waals surface area contributed by atoms with Gasteiger partial charge < -0.3 is 15.3 Å². The molecule has 2 amide bonds. The number of likely N-dealkylation sites (tertiary alicyclic amines) is 1. The van der Waals surface area contributed by atoms with Crippen LogP contribution in [0.5, 0.6) is 0 Å². The zero-order valence-corrected chi connectivity index (χ0v) is 11.9. The Labute approximate surface area is 123 Å². The van der Waals surface area contributed by atoms with Gasteiger partial charge in [-0.25, -0.2) is 9.59 Å². The second-order valence-corrected chi connectivity index (χ2v) is 6.02. The molecule has 1 saturated carbocycles. The quantitative estimate of drug-likeness (QED) is 0.888. The normalized spacial score (nSPS) is 24.9. The Kier molecular flexibility index (Phi) is 3.82. The first-order valence-electron chi connectivity index (χ1n) is 7.47. The maximum absolute atomic E-state index is 12.3. The van der Waals surface area contributed by atoms with Gasteiger partial charge in [-0.15, -0.1) is 0 Å². The van der Waals surface area contributed by atoms with Gasteiger partial charge in [0.2, 0.25) is 0 Å². The van der Waals surface area contributed by atoms with Crippen LogP contribution in [0.2, 0.25) is 0 Å². The van der Waals surface area contributed by atoms with Gasteiger partial charge in [-0.2, -0.15) is 0 Å². The molecule has 2 fully saturated rings. The van der Waals surface area contributed by atoms with Crippen molar-refractivity contribution in [1.82, 2.24) is 10.2 Å². The highest BCUT2D eigenvalue weighted by atomic mass is 16.4. The average Bonchev–Trinajstić information content (AvgIpc) is 3.10. The Balaban J connectivity index is 1.62. The number of carbonyl (C=O) groups is 2. The monoisotopic (exact) mass is 288 g/mol. The van der Waals surface area contributed by atoms with Crippen molar-refractivity contribution in [3.63, 3.8) is 0 Å². The van der Waals surface area contributed by atoms with E-state index in [9.17, 15) is 14.7 Å². The highest BCUT2D eigenvalue weighted by molar-refractivity contribution is 5.83. The summed E-state index contributed by atoms with van der Waals surface area (Å²) in [5.74, 6) is -0.380. The number of benzene rings is 1. The van der Waals surface area contributed by atoms with Gasteiger partial charge in [-0.1, -0.05) is 30.3 Å². The van der Waals surface area contributed by atoms with E-state index in [2.05, 4.69) is 5.32 Å². The lowest BCUT2D eigenvalue weighted by molar-refractivity contribution is -0.139. The summed E-state index contributed by atoms with van der Waals surface area (Å²) < 4.78 is 0. The minimum Gasteiger partial charge on any atom is -0.480 e. The molecule has 5 heteroatoms. The van der Waals surface area contributed by atoms with E-state index in [4.69, 9.17) is 0 Å². The number of urea groups is 1. The van der Waals surface area contributed by atoms with E-state index in [-0.39, 0.29) is 6.03 Å². The molecule has 2 N–H and O–H groups in total. The molecule has 0 radical (unpaired) electrons. The predicted octanol–water partition coefficient (Wildman–Crippen LogP) is 1.88. The van der Waals surface area contributed by atoms with Crippen molar-refractivity contribution in [3.8, 4) is 0 Å². The van der Waals surface area contributed by atoms with Crippen molar-refractivity contribution in [2.24, 2.45) is 5.92 Å². The zero-order chi connectivity index (χ0) is 14.8. The van der Waals surface area contributed by atoms with Gasteiger partial charge in [0.15, 0.2) is 0 Å². The van der Waals surface area contributed by atoms with E-state index >= 15 is 0 Å². The van der Waals surface area contributed by atoms with Gasteiger partial charge >= 0.3 is 12.0 Å². The van der Waals surface area contributed by atoms with Gasteiger partial charge in [0, 0.05) is 19.0 Å². The van der Waals surface area contributed by atoms with Crippen LogP contribution in [0.4, 0.5) is 4.79 Å². The van der Waals surface area contributed by atoms with Crippen LogP contribution in [0.25, 0.3) is 0 Å². The molecule has 3 rings (SSSR count). The molecule has 1 aromatic carbocycles. The number of fused-ring (bicyclic) bond motifs is 2. The fourth-order valence-corrected chi connectivity index (χ4v) is 3.46. The molecule has 0 spiro atoms. The second-order valence-electron chi connectivity index (χ2n) is 6.02. The minimum atomic E-state index is -0.989. The van der Waals surface area contributed by atoms with Crippen LogP contribution in [0.15, 0.2) is 30.3 Å². The summed E-state index contributed by atoms with van der Waals surface area (Å²) in [6.45, 7) is 0.772. The number of hydrogen-bond donors (Lipinski definition) is 2. The molecule has 2 bridgehead atoms. The van der Waals surface area contributed by atoms with Gasteiger partial charge in [0.05, 0.1) is 0 Å². The van der Waals surface area contributed by atoms with Crippen molar-refractivity contribution in [2.45, 2.75) is 37.8 Å². The Bertz CT molecular complexity index is 532. The molecule has 2 unspecified atom stereocenters. The lowest BCUT2D eigenvalue weighted by atomic mass is 10.1. The third-order valence-corrected chi connectivity index (χ3v) is 4.55. The molecular weight excluding hydrogens is 268 g/mol. The molecular formula is C16H20N2O3. The molecule has 1 saturated heterocycles. The molecule has 0 aromatic heterocycles. The van der Waals surface area contributed by atoms with E-state index < -0.39 is 12.0 Å². The smallest absolute Gasteiger partial charge is 0.326 e. The molecule has 112 valence electrons. The highest BCUT2D eigenvalue weighted by Crippen LogP contribution is 2.37. The first kappa shape index (κ1) is 13.9. The number of carboxylic acids is 1. The lowest BCUT2D eigenvalue weighted by Crippen LogP contribution is -2.51. The third kappa shape index (κ3) is 3.01. The fraction of sp³-hybridized carbons (Fsp3) is 0.500. The molecule has 21 heavy (non-hydrogen) atoms. The molecule has 1 aromatic rings. The summed E-state index contributed by atoms with van der Waals surface area (Å²) in [7, 11) is 0. The summed E-state index contributed by atoms with van der Waals surface area (Å²) in [5, 5.41) is 12.0. The number of hydrogen-bond acceptors (Lipinski definition) is 2. The van der Waals surface area contributed by atoms with Gasteiger partial charge in [-0.05, 0) is 30.7 Å². The first-order chi connectivity index (χ1) is 10.1. The number of amides is 2. The summed E-state index contributed by atoms with van der Waals surface area (Å²) in [4.78, 5) is 25.5. The van der Waals surface area contributed by atoms with Crippen LogP contribution in [0.3, 0.4) is 0 Å². The number of carbonyl (C=O) groups excluding carboxylic acids is 1. The summed E-state index contributed by atoms with van der Waals surface area (Å²) in [6, 6.07) is 8.58. The van der Waals surface area contributed by atoms with Crippen LogP contribution >= 0.6 is 0 Å². The molecule has 3 atom stereocenters. The van der Waals surface area contributed by atoms with Crippen LogP contribution in [0, 0.1) is 5.92 Å². The molecule has 1 aliphatic heterocycles. The molecule has 2 aliphatic rings. The van der Waals surface area contributed by atoms with Crippen LogP contribution < -0.4 is 5.32 Å². The lowest BCUT2D eigenvalue weighted by Gasteiger charge is -2.28. The standard InChI is InChI=1S/C16H20N2O3/c19-15(20)14(9-11-4-2-1-3-5-11)17-16(21)18-10-12-6-7-13(18)8-12/h1-5,12-14H,6-10H2,(H,17,21)(H,19,20)/t12?,13?,14-/m1/s1. The third-order valence-electron chi connectivity index (χ3n) is 4.55. The van der Waals surface area contributed by atoms with E-state index in [1.54, 1.807) is 0 Å². The second kappa shape index (κ2) is 5.76. The van der Waals surface area contributed by atoms with E-state index in [0.29, 0.717) is 18.4 Å². The Morgan fingerprint density at radius 3 is 2.62 bits per heavy atom. The maximum Gasteiger partial charge on any atom is 0.326 e. The van der Waals surface area contributed by atoms with E-state index in [0.717, 1.165) is 24.9 Å². The SMILES string of the molecule is O=C(O)[C@@H](Cc1ccccc1)NC(=O)N1CC2CCC1C2. The van der Waals surface area contributed by atoms with Crippen molar-refractivity contribution in [2.75, 3.05) is 6.54 Å². The molecule has 5 nitrogen and oxygen atoms in total. The summed E-state index contributed by atoms with van der Waals surface area (Å²) in [5.41, 5.74) is 0.910. The molecule has 1 heterocycles. The van der Waals surface area contributed by atoms with Gasteiger partial charge in [0.1, 0.15) is 6.04 Å². The maximum atomic E-state index is 12.3. The van der Waals surface area contributed by atoms with E-state index in [1.165, 1.54) is 6.42 Å². The fourth-order valence-electron chi connectivity index (χ4n) is 3.46. The van der Waals surface area contributed by atoms with Crippen LogP contribution in [-0.2, 0) is 11.2 Å². The van der Waals surface area contributed by atoms with Crippen molar-refractivity contribution in [3.05, 3.63) is 35.9 Å². The van der Waals surface area contributed by atoms with Crippen molar-refractivity contribution < 1.29 is 14.7 Å². The van der Waals surface area contributed by atoms with Crippen molar-refractivity contribution >= 4 is 12.0 Å². The van der Waals surface area contributed by atoms with E-state index in [1.807, 2.05) is 35.2 Å². The Hall–Kier alpha value is -2.04. The topological polar surface area (TPSA) is 69.6 Å². The Morgan fingerprint density at radius 1 is 1.29 bits per heavy atom. The number of piperidine rings is 1. The summed E-state index contributed by atoms with van der Waals surface area (Å²) in [6.07, 6.45) is 3.63. The minimum absolute atomic E-state index is 0.231. The average molecular weight is 288 g/mol. The van der Waals surface area contributed by atoms with Crippen molar-refractivity contribution in [1.29, 1.82) is 0 Å². The first-order valence-corrected chi connectivity index (χ1v) is 7.47. The van der Waals surface area contributed by atoms with Crippen LogP contribution in [0.1, 0.15) is 24.8 Å². The number of carboxylic acid groups (broad SMARTS) is 1. The number of nitrogens with one attached hydrogen (secondary N) is 1. The zero-order valence-electron chi connectivity index (χ0n) is 11.9. The predicted molar refractivity (Wildman–Crippen MR) is 77.9 cm³/mol. The van der Waals surface area contributed by atoms with Gasteiger partial charge in [-0.3, -0.25) is 0 Å². The highest BCUT2D eigenvalue weighted by Gasteiger charge is 2.41. The number of nitrogens with zero attached hydrogens (tertiary/aromatic N) is 1. The Morgan fingerprint density at radius 2 is 2.05 bits per heavy atom. The van der Waals surface area contributed by atoms with Crippen LogP contribution in [-0.4, -0.2) is 40.6 Å². The number of aliphatic carboxylic acids is 1.